The van der Waals surface area contributed by atoms with Crippen molar-refractivity contribution in [2.75, 3.05) is 0 Å². The van der Waals surface area contributed by atoms with Crippen molar-refractivity contribution in [3.05, 3.63) is 138 Å². The van der Waals surface area contributed by atoms with Crippen molar-refractivity contribution in [2.24, 2.45) is 0 Å². The average Bonchev–Trinajstić information content (AvgIpc) is 3.42. The summed E-state index contributed by atoms with van der Waals surface area (Å²) >= 11 is 3.75. The zero-order valence-corrected chi connectivity index (χ0v) is 25.4. The lowest BCUT2D eigenvalue weighted by atomic mass is 9.87. The Bertz CT molecular complexity index is 2070. The van der Waals surface area contributed by atoms with Crippen LogP contribution in [0.3, 0.4) is 0 Å². The number of benzene rings is 5. The zero-order valence-electron chi connectivity index (χ0n) is 23.8. The van der Waals surface area contributed by atoms with E-state index in [9.17, 15) is 0 Å². The maximum atomic E-state index is 5.19. The molecule has 7 aromatic rings. The lowest BCUT2D eigenvalue weighted by Crippen LogP contribution is -2.11. The fraction of sp³-hybridized carbons (Fsp3) is 0.105. The minimum atomic E-state index is 0.0841. The number of imidazole rings is 1. The van der Waals surface area contributed by atoms with Crippen LogP contribution in [0.25, 0.3) is 61.3 Å². The van der Waals surface area contributed by atoms with E-state index in [1.165, 1.54) is 16.7 Å². The molecule has 0 spiro atoms. The van der Waals surface area contributed by atoms with Crippen molar-refractivity contribution < 1.29 is 0 Å². The molecular formula is C38H30BrN3. The minimum absolute atomic E-state index is 0.0841. The standard InChI is InChI=1S/C38H30BrN3/c1-38(2,3)30-17-19-31(20-18-30)42-34-16-8-15-33(39)36(34)41-37(42)28-13-7-12-26(22-28)32-24-29(25-10-5-4-6-11-25)23-27-14-9-21-40-35(27)32/h4-24H,1-3H3. The van der Waals surface area contributed by atoms with Crippen molar-refractivity contribution in [3.8, 4) is 39.3 Å². The van der Waals surface area contributed by atoms with E-state index >= 15 is 0 Å². The van der Waals surface area contributed by atoms with Crippen LogP contribution in [0.1, 0.15) is 26.3 Å². The van der Waals surface area contributed by atoms with E-state index in [2.05, 4.69) is 157 Å². The number of hydrogen-bond acceptors (Lipinski definition) is 2. The number of aromatic nitrogens is 3. The Labute approximate surface area is 254 Å². The highest BCUT2D eigenvalue weighted by Crippen LogP contribution is 2.37. The molecule has 0 aliphatic rings. The lowest BCUT2D eigenvalue weighted by molar-refractivity contribution is 0.590. The second-order valence-electron chi connectivity index (χ2n) is 11.7. The fourth-order valence-electron chi connectivity index (χ4n) is 5.67. The predicted molar refractivity (Wildman–Crippen MR) is 179 cm³/mol. The third-order valence-electron chi connectivity index (χ3n) is 7.87. The molecule has 0 radical (unpaired) electrons. The summed E-state index contributed by atoms with van der Waals surface area (Å²) in [6.07, 6.45) is 1.87. The normalized spacial score (nSPS) is 11.8. The molecular weight excluding hydrogens is 578 g/mol. The highest BCUT2D eigenvalue weighted by molar-refractivity contribution is 9.10. The number of para-hydroxylation sites is 1. The van der Waals surface area contributed by atoms with Crippen LogP contribution in [0, 0.1) is 0 Å². The molecule has 0 aliphatic heterocycles. The van der Waals surface area contributed by atoms with Gasteiger partial charge in [0.05, 0.1) is 11.0 Å². The van der Waals surface area contributed by atoms with Crippen LogP contribution in [0.2, 0.25) is 0 Å². The van der Waals surface area contributed by atoms with Crippen molar-refractivity contribution >= 4 is 37.9 Å². The van der Waals surface area contributed by atoms with Crippen molar-refractivity contribution in [2.45, 2.75) is 26.2 Å². The van der Waals surface area contributed by atoms with E-state index in [-0.39, 0.29) is 5.41 Å². The third kappa shape index (κ3) is 4.72. The molecule has 0 amide bonds. The van der Waals surface area contributed by atoms with Gasteiger partial charge in [-0.15, -0.1) is 0 Å². The highest BCUT2D eigenvalue weighted by atomic mass is 79.9. The van der Waals surface area contributed by atoms with Crippen LogP contribution >= 0.6 is 15.9 Å². The van der Waals surface area contributed by atoms with E-state index in [0.29, 0.717) is 0 Å². The van der Waals surface area contributed by atoms with Crippen molar-refractivity contribution in [3.63, 3.8) is 0 Å². The Balaban J connectivity index is 1.43. The van der Waals surface area contributed by atoms with Gasteiger partial charge in [-0.1, -0.05) is 93.6 Å². The first-order valence-electron chi connectivity index (χ1n) is 14.2. The van der Waals surface area contributed by atoms with Gasteiger partial charge in [-0.3, -0.25) is 9.55 Å². The Morgan fingerprint density at radius 3 is 2.14 bits per heavy atom. The van der Waals surface area contributed by atoms with Gasteiger partial charge in [0.15, 0.2) is 0 Å². The van der Waals surface area contributed by atoms with Gasteiger partial charge in [0.2, 0.25) is 0 Å². The van der Waals surface area contributed by atoms with Gasteiger partial charge in [0.1, 0.15) is 11.3 Å². The molecule has 0 N–H and O–H groups in total. The molecule has 4 heteroatoms. The van der Waals surface area contributed by atoms with E-state index in [1.54, 1.807) is 0 Å². The molecule has 5 aromatic carbocycles. The number of halogens is 1. The predicted octanol–water partition coefficient (Wildman–Crippen LogP) is 10.6. The molecule has 2 heterocycles. The topological polar surface area (TPSA) is 30.7 Å². The first-order chi connectivity index (χ1) is 20.4. The highest BCUT2D eigenvalue weighted by Gasteiger charge is 2.19. The summed E-state index contributed by atoms with van der Waals surface area (Å²) in [5.41, 5.74) is 11.1. The Kier molecular flexibility index (Phi) is 6.52. The quantitative estimate of drug-likeness (QED) is 0.199. The molecule has 0 saturated heterocycles. The number of hydrogen-bond donors (Lipinski definition) is 0. The number of pyridine rings is 1. The summed E-state index contributed by atoms with van der Waals surface area (Å²) in [4.78, 5) is 10.00. The van der Waals surface area contributed by atoms with Crippen LogP contribution in [0.4, 0.5) is 0 Å². The van der Waals surface area contributed by atoms with Crippen LogP contribution in [-0.4, -0.2) is 14.5 Å². The monoisotopic (exact) mass is 607 g/mol. The molecule has 0 unspecified atom stereocenters. The minimum Gasteiger partial charge on any atom is -0.292 e. The van der Waals surface area contributed by atoms with Gasteiger partial charge < -0.3 is 0 Å². The second kappa shape index (κ2) is 10.4. The number of nitrogens with zero attached hydrogens (tertiary/aromatic N) is 3. The smallest absolute Gasteiger partial charge is 0.145 e. The first kappa shape index (κ1) is 26.4. The van der Waals surface area contributed by atoms with Crippen LogP contribution < -0.4 is 0 Å². The summed E-state index contributed by atoms with van der Waals surface area (Å²) in [5, 5.41) is 1.12. The summed E-state index contributed by atoms with van der Waals surface area (Å²) in [5.74, 6) is 0.902. The SMILES string of the molecule is CC(C)(C)c1ccc(-n2c(-c3cccc(-c4cc(-c5ccccc5)cc5cccnc45)c3)nc3c(Br)cccc32)cc1. The van der Waals surface area contributed by atoms with Crippen LogP contribution in [0.5, 0.6) is 0 Å². The van der Waals surface area contributed by atoms with Crippen LogP contribution in [-0.2, 0) is 5.41 Å². The molecule has 0 atom stereocenters. The molecule has 204 valence electrons. The van der Waals surface area contributed by atoms with Crippen LogP contribution in [0.15, 0.2) is 132 Å². The Hall–Kier alpha value is -4.54. The van der Waals surface area contributed by atoms with E-state index < -0.39 is 0 Å². The second-order valence-corrected chi connectivity index (χ2v) is 12.6. The van der Waals surface area contributed by atoms with Gasteiger partial charge >= 0.3 is 0 Å². The maximum Gasteiger partial charge on any atom is 0.145 e. The van der Waals surface area contributed by atoms with Crippen molar-refractivity contribution in [1.82, 2.24) is 14.5 Å². The molecule has 42 heavy (non-hydrogen) atoms. The van der Waals surface area contributed by atoms with Gasteiger partial charge in [-0.2, -0.15) is 0 Å². The maximum absolute atomic E-state index is 5.19. The van der Waals surface area contributed by atoms with Crippen molar-refractivity contribution in [1.29, 1.82) is 0 Å². The Morgan fingerprint density at radius 1 is 0.619 bits per heavy atom. The molecule has 0 fully saturated rings. The summed E-state index contributed by atoms with van der Waals surface area (Å²) in [6, 6.07) is 43.0. The van der Waals surface area contributed by atoms with Gasteiger partial charge in [0.25, 0.3) is 0 Å². The summed E-state index contributed by atoms with van der Waals surface area (Å²) in [7, 11) is 0. The van der Waals surface area contributed by atoms with Gasteiger partial charge in [-0.25, -0.2) is 4.98 Å². The zero-order chi connectivity index (χ0) is 28.8. The molecule has 0 saturated carbocycles. The van der Waals surface area contributed by atoms with E-state index in [0.717, 1.165) is 54.6 Å². The fourth-order valence-corrected chi connectivity index (χ4v) is 6.11. The summed E-state index contributed by atoms with van der Waals surface area (Å²) in [6.45, 7) is 6.73. The molecule has 2 aromatic heterocycles. The molecule has 0 bridgehead atoms. The van der Waals surface area contributed by atoms with E-state index in [1.807, 2.05) is 12.3 Å². The van der Waals surface area contributed by atoms with E-state index in [4.69, 9.17) is 9.97 Å². The number of fused-ring (bicyclic) bond motifs is 2. The summed E-state index contributed by atoms with van der Waals surface area (Å²) < 4.78 is 3.25. The Morgan fingerprint density at radius 2 is 1.36 bits per heavy atom. The molecule has 3 nitrogen and oxygen atoms in total. The molecule has 0 aliphatic carbocycles. The third-order valence-corrected chi connectivity index (χ3v) is 8.51. The van der Waals surface area contributed by atoms with Gasteiger partial charge in [0, 0.05) is 32.9 Å². The average molecular weight is 609 g/mol. The largest absolute Gasteiger partial charge is 0.292 e. The first-order valence-corrected chi connectivity index (χ1v) is 15.0. The van der Waals surface area contributed by atoms with Gasteiger partial charge in [-0.05, 0) is 92.1 Å². The lowest BCUT2D eigenvalue weighted by Gasteiger charge is -2.19. The number of rotatable bonds is 4. The molecule has 7 rings (SSSR count).